The van der Waals surface area contributed by atoms with E-state index in [0.29, 0.717) is 11.8 Å². The van der Waals surface area contributed by atoms with Gasteiger partial charge in [-0.1, -0.05) is 33.6 Å². The molecule has 0 aliphatic rings. The number of rotatable bonds is 5. The first-order valence-corrected chi connectivity index (χ1v) is 5.02. The van der Waals surface area contributed by atoms with Crippen LogP contribution in [0.4, 0.5) is 4.79 Å². The molecule has 1 amide bonds. The van der Waals surface area contributed by atoms with Crippen LogP contribution in [0.5, 0.6) is 0 Å². The van der Waals surface area contributed by atoms with Crippen molar-refractivity contribution in [3.63, 3.8) is 0 Å². The highest BCUT2D eigenvalue weighted by molar-refractivity contribution is 5.64. The van der Waals surface area contributed by atoms with Gasteiger partial charge in [0.2, 0.25) is 0 Å². The normalized spacial score (nSPS) is 17.5. The van der Waals surface area contributed by atoms with Crippen molar-refractivity contribution in [2.75, 3.05) is 0 Å². The maximum atomic E-state index is 10.4. The molecule has 0 spiro atoms. The summed E-state index contributed by atoms with van der Waals surface area (Å²) in [7, 11) is 0. The molecule has 0 bridgehead atoms. The van der Waals surface area contributed by atoms with E-state index in [2.05, 4.69) is 26.1 Å². The van der Waals surface area contributed by atoms with Crippen molar-refractivity contribution in [2.24, 2.45) is 11.8 Å². The highest BCUT2D eigenvalue weighted by Crippen LogP contribution is 2.22. The predicted molar refractivity (Wildman–Crippen MR) is 53.9 cm³/mol. The molecule has 0 aromatic rings. The van der Waals surface area contributed by atoms with Gasteiger partial charge in [-0.2, -0.15) is 0 Å². The molecular weight excluding hydrogens is 166 g/mol. The predicted octanol–water partition coefficient (Wildman–Crippen LogP) is 2.71. The molecule has 2 N–H and O–H groups in total. The minimum atomic E-state index is -0.922. The quantitative estimate of drug-likeness (QED) is 0.695. The average molecular weight is 187 g/mol. The molecule has 78 valence electrons. The summed E-state index contributed by atoms with van der Waals surface area (Å²) < 4.78 is 0. The molecule has 3 nitrogen and oxygen atoms in total. The van der Waals surface area contributed by atoms with Gasteiger partial charge >= 0.3 is 6.09 Å². The van der Waals surface area contributed by atoms with Gasteiger partial charge in [-0.05, 0) is 18.8 Å². The van der Waals surface area contributed by atoms with E-state index in [1.165, 1.54) is 0 Å². The summed E-state index contributed by atoms with van der Waals surface area (Å²) in [5, 5.41) is 11.1. The van der Waals surface area contributed by atoms with Crippen LogP contribution in [0.3, 0.4) is 0 Å². The minimum absolute atomic E-state index is 0.0532. The van der Waals surface area contributed by atoms with Crippen LogP contribution in [-0.2, 0) is 0 Å². The summed E-state index contributed by atoms with van der Waals surface area (Å²) in [5.74, 6) is 1.02. The second-order valence-electron chi connectivity index (χ2n) is 3.70. The van der Waals surface area contributed by atoms with Crippen molar-refractivity contribution in [1.82, 2.24) is 5.32 Å². The van der Waals surface area contributed by atoms with Gasteiger partial charge in [0.1, 0.15) is 0 Å². The fourth-order valence-electron chi connectivity index (χ4n) is 1.85. The van der Waals surface area contributed by atoms with Crippen LogP contribution in [0, 0.1) is 11.8 Å². The molecule has 0 saturated carbocycles. The molecule has 0 radical (unpaired) electrons. The Morgan fingerprint density at radius 3 is 2.15 bits per heavy atom. The summed E-state index contributed by atoms with van der Waals surface area (Å²) in [4.78, 5) is 10.4. The summed E-state index contributed by atoms with van der Waals surface area (Å²) >= 11 is 0. The third kappa shape index (κ3) is 4.15. The first-order chi connectivity index (χ1) is 6.02. The van der Waals surface area contributed by atoms with Crippen LogP contribution < -0.4 is 5.32 Å². The second kappa shape index (κ2) is 5.84. The number of hydrogen-bond acceptors (Lipinski definition) is 1. The Balaban J connectivity index is 4.13. The van der Waals surface area contributed by atoms with E-state index in [0.717, 1.165) is 12.8 Å². The molecule has 0 aliphatic heterocycles. The lowest BCUT2D eigenvalue weighted by molar-refractivity contribution is 0.178. The van der Waals surface area contributed by atoms with Crippen molar-refractivity contribution < 1.29 is 9.90 Å². The van der Waals surface area contributed by atoms with E-state index in [1.54, 1.807) is 0 Å². The van der Waals surface area contributed by atoms with Crippen LogP contribution in [0.1, 0.15) is 40.5 Å². The molecule has 13 heavy (non-hydrogen) atoms. The third-order valence-corrected chi connectivity index (χ3v) is 2.84. The van der Waals surface area contributed by atoms with Gasteiger partial charge in [0, 0.05) is 6.04 Å². The monoisotopic (exact) mass is 187 g/mol. The number of hydrogen-bond donors (Lipinski definition) is 2. The molecule has 0 rings (SSSR count). The standard InChI is InChI=1S/C10H21NO2/c1-5-7(3)9(6-2)8(4)11-10(12)13/h7-9,11H,5-6H2,1-4H3,(H,12,13). The van der Waals surface area contributed by atoms with E-state index in [9.17, 15) is 4.79 Å². The summed E-state index contributed by atoms with van der Waals surface area (Å²) in [6, 6.07) is 0.0532. The summed E-state index contributed by atoms with van der Waals surface area (Å²) in [6.07, 6.45) is 1.20. The van der Waals surface area contributed by atoms with Gasteiger partial charge in [-0.15, -0.1) is 0 Å². The fourth-order valence-corrected chi connectivity index (χ4v) is 1.85. The van der Waals surface area contributed by atoms with Crippen molar-refractivity contribution >= 4 is 6.09 Å². The smallest absolute Gasteiger partial charge is 0.404 e. The zero-order valence-corrected chi connectivity index (χ0v) is 9.00. The van der Waals surface area contributed by atoms with E-state index >= 15 is 0 Å². The summed E-state index contributed by atoms with van der Waals surface area (Å²) in [6.45, 7) is 8.36. The highest BCUT2D eigenvalue weighted by atomic mass is 16.4. The minimum Gasteiger partial charge on any atom is -0.465 e. The van der Waals surface area contributed by atoms with Crippen molar-refractivity contribution in [1.29, 1.82) is 0 Å². The van der Waals surface area contributed by atoms with E-state index in [4.69, 9.17) is 5.11 Å². The Labute approximate surface area is 80.5 Å². The van der Waals surface area contributed by atoms with Crippen LogP contribution in [0.15, 0.2) is 0 Å². The first-order valence-electron chi connectivity index (χ1n) is 5.02. The molecule has 3 atom stereocenters. The number of carboxylic acid groups (broad SMARTS) is 1. The van der Waals surface area contributed by atoms with Crippen LogP contribution in [-0.4, -0.2) is 17.2 Å². The number of nitrogens with one attached hydrogen (secondary N) is 1. The molecule has 0 saturated heterocycles. The van der Waals surface area contributed by atoms with Gasteiger partial charge in [0.15, 0.2) is 0 Å². The van der Waals surface area contributed by atoms with Crippen LogP contribution in [0.25, 0.3) is 0 Å². The number of carbonyl (C=O) groups is 1. The van der Waals surface area contributed by atoms with Crippen molar-refractivity contribution in [3.05, 3.63) is 0 Å². The van der Waals surface area contributed by atoms with E-state index in [1.807, 2.05) is 6.92 Å². The maximum absolute atomic E-state index is 10.4. The molecule has 3 heteroatoms. The Kier molecular flexibility index (Phi) is 5.51. The number of amides is 1. The lowest BCUT2D eigenvalue weighted by atomic mass is 9.84. The molecule has 0 heterocycles. The zero-order valence-electron chi connectivity index (χ0n) is 9.00. The molecule has 0 aromatic heterocycles. The Morgan fingerprint density at radius 1 is 1.31 bits per heavy atom. The summed E-state index contributed by atoms with van der Waals surface area (Å²) in [5.41, 5.74) is 0. The Hall–Kier alpha value is -0.730. The molecule has 0 fully saturated rings. The van der Waals surface area contributed by atoms with Gasteiger partial charge < -0.3 is 10.4 Å². The average Bonchev–Trinajstić information content (AvgIpc) is 2.03. The Morgan fingerprint density at radius 2 is 1.85 bits per heavy atom. The second-order valence-corrected chi connectivity index (χ2v) is 3.70. The molecule has 0 aromatic carbocycles. The van der Waals surface area contributed by atoms with E-state index in [-0.39, 0.29) is 6.04 Å². The highest BCUT2D eigenvalue weighted by Gasteiger charge is 2.21. The van der Waals surface area contributed by atoms with E-state index < -0.39 is 6.09 Å². The SMILES string of the molecule is CCC(C)C(CC)C(C)NC(=O)O. The third-order valence-electron chi connectivity index (χ3n) is 2.84. The fraction of sp³-hybridized carbons (Fsp3) is 0.900. The first kappa shape index (κ1) is 12.3. The Bertz CT molecular complexity index is 159. The van der Waals surface area contributed by atoms with Gasteiger partial charge in [0.25, 0.3) is 0 Å². The van der Waals surface area contributed by atoms with Crippen molar-refractivity contribution in [3.8, 4) is 0 Å². The van der Waals surface area contributed by atoms with Crippen molar-refractivity contribution in [2.45, 2.75) is 46.6 Å². The zero-order chi connectivity index (χ0) is 10.4. The lowest BCUT2D eigenvalue weighted by Gasteiger charge is -2.27. The lowest BCUT2D eigenvalue weighted by Crippen LogP contribution is -2.39. The topological polar surface area (TPSA) is 49.3 Å². The van der Waals surface area contributed by atoms with Gasteiger partial charge in [-0.25, -0.2) is 4.79 Å². The van der Waals surface area contributed by atoms with Crippen LogP contribution >= 0.6 is 0 Å². The molecular formula is C10H21NO2. The van der Waals surface area contributed by atoms with Gasteiger partial charge in [0.05, 0.1) is 0 Å². The molecule has 3 unspecified atom stereocenters. The van der Waals surface area contributed by atoms with Crippen LogP contribution in [0.2, 0.25) is 0 Å². The maximum Gasteiger partial charge on any atom is 0.404 e. The largest absolute Gasteiger partial charge is 0.465 e. The molecule has 0 aliphatic carbocycles. The van der Waals surface area contributed by atoms with Gasteiger partial charge in [-0.3, -0.25) is 0 Å².